The van der Waals surface area contributed by atoms with Crippen LogP contribution in [0.3, 0.4) is 0 Å². The third kappa shape index (κ3) is 4.74. The molecule has 0 radical (unpaired) electrons. The summed E-state index contributed by atoms with van der Waals surface area (Å²) >= 11 is 0. The van der Waals surface area contributed by atoms with Crippen molar-refractivity contribution in [1.29, 1.82) is 0 Å². The van der Waals surface area contributed by atoms with Gasteiger partial charge in [-0.1, -0.05) is 6.07 Å². The molecule has 0 heterocycles. The minimum absolute atomic E-state index is 0.0843. The van der Waals surface area contributed by atoms with Crippen LogP contribution >= 0.6 is 0 Å². The maximum atomic E-state index is 12.2. The number of nitrogens with one attached hydrogen (secondary N) is 1. The number of carbonyl (C=O) groups is 1. The lowest BCUT2D eigenvalue weighted by molar-refractivity contribution is 0.0926. The second-order valence-corrected chi connectivity index (χ2v) is 5.66. The summed E-state index contributed by atoms with van der Waals surface area (Å²) in [6.45, 7) is 6.36. The van der Waals surface area contributed by atoms with E-state index in [4.69, 9.17) is 9.47 Å². The summed E-state index contributed by atoms with van der Waals surface area (Å²) in [4.78, 5) is 12.2. The molecule has 0 aliphatic carbocycles. The van der Waals surface area contributed by atoms with Crippen molar-refractivity contribution in [3.05, 3.63) is 59.2 Å². The Morgan fingerprint density at radius 1 is 1.04 bits per heavy atom. The van der Waals surface area contributed by atoms with Crippen molar-refractivity contribution >= 4 is 5.91 Å². The minimum atomic E-state index is -0.0915. The second kappa shape index (κ2) is 7.68. The van der Waals surface area contributed by atoms with Crippen LogP contribution in [-0.4, -0.2) is 25.7 Å². The van der Waals surface area contributed by atoms with E-state index in [2.05, 4.69) is 5.32 Å². The van der Waals surface area contributed by atoms with Crippen LogP contribution in [0.1, 0.15) is 28.4 Å². The van der Waals surface area contributed by atoms with Crippen LogP contribution in [0.2, 0.25) is 0 Å². The molecule has 0 aliphatic rings. The molecule has 0 aromatic heterocycles. The van der Waals surface area contributed by atoms with Crippen molar-refractivity contribution in [3.8, 4) is 11.5 Å². The SMILES string of the molecule is COc1ccc(OC[C@H](C)NC(=O)c2ccc(C)c(C)c2)cc1. The first-order chi connectivity index (χ1) is 11.0. The zero-order valence-electron chi connectivity index (χ0n) is 14.1. The predicted molar refractivity (Wildman–Crippen MR) is 91.3 cm³/mol. The van der Waals surface area contributed by atoms with Gasteiger partial charge in [0.1, 0.15) is 18.1 Å². The average molecular weight is 313 g/mol. The topological polar surface area (TPSA) is 47.6 Å². The third-order valence-electron chi connectivity index (χ3n) is 3.71. The first kappa shape index (κ1) is 16.9. The number of ether oxygens (including phenoxy) is 2. The Hall–Kier alpha value is -2.49. The van der Waals surface area contributed by atoms with Gasteiger partial charge in [-0.25, -0.2) is 0 Å². The van der Waals surface area contributed by atoms with Gasteiger partial charge < -0.3 is 14.8 Å². The zero-order chi connectivity index (χ0) is 16.8. The first-order valence-electron chi connectivity index (χ1n) is 7.64. The Kier molecular flexibility index (Phi) is 5.63. The largest absolute Gasteiger partial charge is 0.497 e. The Balaban J connectivity index is 1.86. The van der Waals surface area contributed by atoms with Crippen molar-refractivity contribution in [3.63, 3.8) is 0 Å². The Morgan fingerprint density at radius 2 is 1.70 bits per heavy atom. The number of amides is 1. The van der Waals surface area contributed by atoms with Crippen LogP contribution in [-0.2, 0) is 0 Å². The number of benzene rings is 2. The summed E-state index contributed by atoms with van der Waals surface area (Å²) in [5.74, 6) is 1.45. The molecule has 2 aromatic carbocycles. The third-order valence-corrected chi connectivity index (χ3v) is 3.71. The molecule has 1 amide bonds. The van der Waals surface area contributed by atoms with Gasteiger partial charge in [-0.2, -0.15) is 0 Å². The normalized spacial score (nSPS) is 11.7. The van der Waals surface area contributed by atoms with E-state index >= 15 is 0 Å². The smallest absolute Gasteiger partial charge is 0.251 e. The molecule has 1 atom stereocenters. The molecule has 0 saturated carbocycles. The van der Waals surface area contributed by atoms with E-state index in [-0.39, 0.29) is 11.9 Å². The predicted octanol–water partition coefficient (Wildman–Crippen LogP) is 3.51. The van der Waals surface area contributed by atoms with Crippen molar-refractivity contribution in [2.75, 3.05) is 13.7 Å². The van der Waals surface area contributed by atoms with E-state index in [0.29, 0.717) is 12.2 Å². The summed E-state index contributed by atoms with van der Waals surface area (Å²) in [6, 6.07) is 13.0. The van der Waals surface area contributed by atoms with Crippen LogP contribution in [0.4, 0.5) is 0 Å². The average Bonchev–Trinajstić information content (AvgIpc) is 2.55. The standard InChI is InChI=1S/C19H23NO3/c1-13-5-6-16(11-14(13)2)19(21)20-15(3)12-23-18-9-7-17(22-4)8-10-18/h5-11,15H,12H2,1-4H3,(H,20,21)/t15-/m0/s1. The Bertz CT molecular complexity index is 665. The molecule has 1 N–H and O–H groups in total. The molecule has 0 bridgehead atoms. The highest BCUT2D eigenvalue weighted by molar-refractivity contribution is 5.94. The van der Waals surface area contributed by atoms with Gasteiger partial charge in [0.25, 0.3) is 5.91 Å². The summed E-state index contributed by atoms with van der Waals surface area (Å²) in [7, 11) is 1.63. The van der Waals surface area contributed by atoms with E-state index in [9.17, 15) is 4.79 Å². The van der Waals surface area contributed by atoms with Gasteiger partial charge in [-0.3, -0.25) is 4.79 Å². The van der Waals surface area contributed by atoms with Crippen LogP contribution in [0.25, 0.3) is 0 Å². The highest BCUT2D eigenvalue weighted by Crippen LogP contribution is 2.17. The van der Waals surface area contributed by atoms with E-state index in [1.807, 2.05) is 63.2 Å². The van der Waals surface area contributed by atoms with Crippen LogP contribution in [0.15, 0.2) is 42.5 Å². The number of hydrogen-bond acceptors (Lipinski definition) is 3. The van der Waals surface area contributed by atoms with E-state index < -0.39 is 0 Å². The lowest BCUT2D eigenvalue weighted by Gasteiger charge is -2.15. The Labute approximate surface area is 137 Å². The number of methoxy groups -OCH3 is 1. The van der Waals surface area contributed by atoms with Crippen molar-refractivity contribution in [1.82, 2.24) is 5.32 Å². The van der Waals surface area contributed by atoms with Gasteiger partial charge in [0.15, 0.2) is 0 Å². The first-order valence-corrected chi connectivity index (χ1v) is 7.64. The molecule has 122 valence electrons. The molecular formula is C19H23NO3. The molecule has 23 heavy (non-hydrogen) atoms. The van der Waals surface area contributed by atoms with Gasteiger partial charge >= 0.3 is 0 Å². The minimum Gasteiger partial charge on any atom is -0.497 e. The van der Waals surface area contributed by atoms with Crippen molar-refractivity contribution in [2.24, 2.45) is 0 Å². The van der Waals surface area contributed by atoms with Gasteiger partial charge in [-0.05, 0) is 68.3 Å². The highest BCUT2D eigenvalue weighted by Gasteiger charge is 2.11. The monoisotopic (exact) mass is 313 g/mol. The molecule has 0 aliphatic heterocycles. The molecule has 0 unspecified atom stereocenters. The summed E-state index contributed by atoms with van der Waals surface area (Å²) in [5, 5.41) is 2.95. The van der Waals surface area contributed by atoms with E-state index in [1.165, 1.54) is 5.56 Å². The fraction of sp³-hybridized carbons (Fsp3) is 0.316. The van der Waals surface area contributed by atoms with Crippen LogP contribution in [0, 0.1) is 13.8 Å². The second-order valence-electron chi connectivity index (χ2n) is 5.66. The summed E-state index contributed by atoms with van der Waals surface area (Å²) < 4.78 is 10.8. The molecule has 4 nitrogen and oxygen atoms in total. The molecule has 2 aromatic rings. The van der Waals surface area contributed by atoms with Gasteiger partial charge in [0.2, 0.25) is 0 Å². The van der Waals surface area contributed by atoms with Gasteiger partial charge in [0.05, 0.1) is 13.2 Å². The molecule has 0 fully saturated rings. The Morgan fingerprint density at radius 3 is 2.30 bits per heavy atom. The zero-order valence-corrected chi connectivity index (χ0v) is 14.1. The lowest BCUT2D eigenvalue weighted by atomic mass is 10.1. The number of carbonyl (C=O) groups excluding carboxylic acids is 1. The van der Waals surface area contributed by atoms with Crippen molar-refractivity contribution < 1.29 is 14.3 Å². The molecule has 0 spiro atoms. The fourth-order valence-electron chi connectivity index (χ4n) is 2.12. The molecule has 0 saturated heterocycles. The maximum Gasteiger partial charge on any atom is 0.251 e. The summed E-state index contributed by atoms with van der Waals surface area (Å²) in [5.41, 5.74) is 2.96. The highest BCUT2D eigenvalue weighted by atomic mass is 16.5. The molecular weight excluding hydrogens is 290 g/mol. The van der Waals surface area contributed by atoms with Crippen molar-refractivity contribution in [2.45, 2.75) is 26.8 Å². The quantitative estimate of drug-likeness (QED) is 0.888. The maximum absolute atomic E-state index is 12.2. The number of hydrogen-bond donors (Lipinski definition) is 1. The van der Waals surface area contributed by atoms with E-state index in [0.717, 1.165) is 17.1 Å². The number of rotatable bonds is 6. The van der Waals surface area contributed by atoms with Crippen LogP contribution < -0.4 is 14.8 Å². The fourth-order valence-corrected chi connectivity index (χ4v) is 2.12. The van der Waals surface area contributed by atoms with Gasteiger partial charge in [-0.15, -0.1) is 0 Å². The number of aryl methyl sites for hydroxylation is 2. The molecule has 4 heteroatoms. The lowest BCUT2D eigenvalue weighted by Crippen LogP contribution is -2.36. The van der Waals surface area contributed by atoms with Crippen LogP contribution in [0.5, 0.6) is 11.5 Å². The van der Waals surface area contributed by atoms with E-state index in [1.54, 1.807) is 7.11 Å². The van der Waals surface area contributed by atoms with Gasteiger partial charge in [0, 0.05) is 5.56 Å². The molecule has 2 rings (SSSR count). The summed E-state index contributed by atoms with van der Waals surface area (Å²) in [6.07, 6.45) is 0.